The lowest BCUT2D eigenvalue weighted by atomic mass is 9.83. The first-order valence-corrected chi connectivity index (χ1v) is 12.0. The van der Waals surface area contributed by atoms with E-state index in [0.717, 1.165) is 43.3 Å². The molecule has 3 saturated heterocycles. The Bertz CT molecular complexity index is 621. The van der Waals surface area contributed by atoms with E-state index in [2.05, 4.69) is 54.8 Å². The first-order valence-electron chi connectivity index (χ1n) is 12.0. The van der Waals surface area contributed by atoms with E-state index >= 15 is 0 Å². The summed E-state index contributed by atoms with van der Waals surface area (Å²) >= 11 is 0. The Morgan fingerprint density at radius 3 is 2.03 bits per heavy atom. The molecule has 0 spiro atoms. The van der Waals surface area contributed by atoms with Crippen LogP contribution in [0.15, 0.2) is 12.4 Å². The molecular weight excluding hydrogens is 358 g/mol. The molecule has 2 bridgehead atoms. The van der Waals surface area contributed by atoms with Gasteiger partial charge in [0.25, 0.3) is 0 Å². The lowest BCUT2D eigenvalue weighted by Crippen LogP contribution is -2.46. The number of piperidine rings is 1. The highest BCUT2D eigenvalue weighted by molar-refractivity contribution is 5.37. The molecule has 4 rings (SSSR count). The van der Waals surface area contributed by atoms with Crippen LogP contribution in [-0.2, 0) is 6.54 Å². The molecule has 0 radical (unpaired) electrons. The molecule has 0 saturated carbocycles. The predicted octanol–water partition coefficient (Wildman–Crippen LogP) is 4.04. The van der Waals surface area contributed by atoms with E-state index in [1.807, 2.05) is 0 Å². The van der Waals surface area contributed by atoms with E-state index < -0.39 is 0 Å². The van der Waals surface area contributed by atoms with Gasteiger partial charge in [0.05, 0.1) is 0 Å². The fourth-order valence-electron chi connectivity index (χ4n) is 5.52. The standard InChI is InChI=1S/C24H41N5/c1-18(2)7-8-27-9-11-28(12-10-27)17-20-15-25-24(26-16-20)29-22-5-6-23(29)14-21(13-22)19(3)4/h15-16,18-19,21-23H,5-14,17H2,1-4H3. The summed E-state index contributed by atoms with van der Waals surface area (Å²) in [7, 11) is 0. The van der Waals surface area contributed by atoms with Gasteiger partial charge < -0.3 is 9.80 Å². The third-order valence-electron chi connectivity index (χ3n) is 7.53. The van der Waals surface area contributed by atoms with Crippen LogP contribution in [0.4, 0.5) is 5.95 Å². The Balaban J connectivity index is 1.28. The van der Waals surface area contributed by atoms with Crippen molar-refractivity contribution in [2.75, 3.05) is 37.6 Å². The van der Waals surface area contributed by atoms with Crippen LogP contribution in [0.25, 0.3) is 0 Å². The van der Waals surface area contributed by atoms with Crippen molar-refractivity contribution in [2.45, 2.75) is 78.4 Å². The van der Waals surface area contributed by atoms with Crippen molar-refractivity contribution in [1.82, 2.24) is 19.8 Å². The fourth-order valence-corrected chi connectivity index (χ4v) is 5.52. The molecule has 0 aliphatic carbocycles. The highest BCUT2D eigenvalue weighted by Crippen LogP contribution is 2.42. The van der Waals surface area contributed by atoms with Crippen molar-refractivity contribution >= 4 is 5.95 Å². The summed E-state index contributed by atoms with van der Waals surface area (Å²) in [4.78, 5) is 17.4. The SMILES string of the molecule is CC(C)CCN1CCN(Cc2cnc(N3C4CCC3CC(C(C)C)C4)nc2)CC1. The van der Waals surface area contributed by atoms with Crippen LogP contribution in [0, 0.1) is 17.8 Å². The minimum atomic E-state index is 0.658. The summed E-state index contributed by atoms with van der Waals surface area (Å²) in [5.41, 5.74) is 1.26. The van der Waals surface area contributed by atoms with Gasteiger partial charge in [-0.05, 0) is 56.4 Å². The van der Waals surface area contributed by atoms with Gasteiger partial charge in [-0.1, -0.05) is 27.7 Å². The molecule has 5 nitrogen and oxygen atoms in total. The maximum Gasteiger partial charge on any atom is 0.225 e. The lowest BCUT2D eigenvalue weighted by molar-refractivity contribution is 0.123. The van der Waals surface area contributed by atoms with Gasteiger partial charge in [0.1, 0.15) is 0 Å². The second-order valence-corrected chi connectivity index (χ2v) is 10.5. The minimum absolute atomic E-state index is 0.658. The number of nitrogens with zero attached hydrogens (tertiary/aromatic N) is 5. The molecule has 5 heteroatoms. The van der Waals surface area contributed by atoms with Gasteiger partial charge in [-0.2, -0.15) is 0 Å². The van der Waals surface area contributed by atoms with Gasteiger partial charge in [-0.3, -0.25) is 4.90 Å². The molecule has 1 aromatic heterocycles. The first kappa shape index (κ1) is 21.0. The van der Waals surface area contributed by atoms with Gasteiger partial charge in [0.2, 0.25) is 5.95 Å². The maximum atomic E-state index is 4.82. The average Bonchev–Trinajstić information content (AvgIpc) is 2.97. The van der Waals surface area contributed by atoms with Crippen LogP contribution in [0.5, 0.6) is 0 Å². The number of rotatable bonds is 7. The third-order valence-corrected chi connectivity index (χ3v) is 7.53. The zero-order valence-electron chi connectivity index (χ0n) is 19.1. The Morgan fingerprint density at radius 1 is 0.897 bits per heavy atom. The normalized spacial score (nSPS) is 28.6. The Labute approximate surface area is 177 Å². The van der Waals surface area contributed by atoms with Gasteiger partial charge >= 0.3 is 0 Å². The van der Waals surface area contributed by atoms with Gasteiger partial charge in [0, 0.05) is 62.8 Å². The first-order chi connectivity index (χ1) is 14.0. The number of piperazine rings is 1. The second-order valence-electron chi connectivity index (χ2n) is 10.5. The number of hydrogen-bond acceptors (Lipinski definition) is 5. The van der Waals surface area contributed by atoms with E-state index in [1.54, 1.807) is 0 Å². The lowest BCUT2D eigenvalue weighted by Gasteiger charge is -2.40. The monoisotopic (exact) mass is 399 g/mol. The van der Waals surface area contributed by atoms with Gasteiger partial charge in [0.15, 0.2) is 0 Å². The number of aromatic nitrogens is 2. The summed E-state index contributed by atoms with van der Waals surface area (Å²) in [5.74, 6) is 3.45. The molecule has 2 unspecified atom stereocenters. The van der Waals surface area contributed by atoms with Crippen LogP contribution in [0.3, 0.4) is 0 Å². The molecule has 2 atom stereocenters. The molecule has 3 aliphatic rings. The van der Waals surface area contributed by atoms with Crippen molar-refractivity contribution < 1.29 is 0 Å². The molecule has 162 valence electrons. The highest BCUT2D eigenvalue weighted by atomic mass is 15.3. The average molecular weight is 400 g/mol. The van der Waals surface area contributed by atoms with Crippen molar-refractivity contribution in [3.63, 3.8) is 0 Å². The van der Waals surface area contributed by atoms with E-state index in [4.69, 9.17) is 9.97 Å². The quantitative estimate of drug-likeness (QED) is 0.691. The Morgan fingerprint density at radius 2 is 1.48 bits per heavy atom. The molecule has 3 aliphatic heterocycles. The van der Waals surface area contributed by atoms with Crippen molar-refractivity contribution in [3.05, 3.63) is 18.0 Å². The largest absolute Gasteiger partial charge is 0.335 e. The minimum Gasteiger partial charge on any atom is -0.335 e. The summed E-state index contributed by atoms with van der Waals surface area (Å²) in [6.45, 7) is 16.3. The third kappa shape index (κ3) is 5.11. The van der Waals surface area contributed by atoms with Crippen LogP contribution in [-0.4, -0.2) is 64.6 Å². The van der Waals surface area contributed by atoms with Crippen molar-refractivity contribution in [1.29, 1.82) is 0 Å². The van der Waals surface area contributed by atoms with Gasteiger partial charge in [-0.15, -0.1) is 0 Å². The van der Waals surface area contributed by atoms with E-state index in [-0.39, 0.29) is 0 Å². The molecule has 29 heavy (non-hydrogen) atoms. The van der Waals surface area contributed by atoms with Crippen LogP contribution in [0.2, 0.25) is 0 Å². The Kier molecular flexibility index (Phi) is 6.75. The molecular formula is C24H41N5. The van der Waals surface area contributed by atoms with Gasteiger partial charge in [-0.25, -0.2) is 9.97 Å². The molecule has 0 amide bonds. The molecule has 0 N–H and O–H groups in total. The maximum absolute atomic E-state index is 4.82. The van der Waals surface area contributed by atoms with E-state index in [1.165, 1.54) is 57.3 Å². The highest BCUT2D eigenvalue weighted by Gasteiger charge is 2.42. The summed E-state index contributed by atoms with van der Waals surface area (Å²) in [5, 5.41) is 0. The van der Waals surface area contributed by atoms with E-state index in [0.29, 0.717) is 12.1 Å². The van der Waals surface area contributed by atoms with Crippen LogP contribution < -0.4 is 4.90 Å². The summed E-state index contributed by atoms with van der Waals surface area (Å²) in [6.07, 6.45) is 10.8. The molecule has 1 aromatic rings. The fraction of sp³-hybridized carbons (Fsp3) is 0.833. The second kappa shape index (κ2) is 9.30. The smallest absolute Gasteiger partial charge is 0.225 e. The van der Waals surface area contributed by atoms with E-state index in [9.17, 15) is 0 Å². The molecule has 4 heterocycles. The summed E-state index contributed by atoms with van der Waals surface area (Å²) in [6, 6.07) is 1.32. The number of fused-ring (bicyclic) bond motifs is 2. The van der Waals surface area contributed by atoms with Crippen LogP contribution >= 0.6 is 0 Å². The molecule has 3 fully saturated rings. The summed E-state index contributed by atoms with van der Waals surface area (Å²) < 4.78 is 0. The van der Waals surface area contributed by atoms with Crippen molar-refractivity contribution in [2.24, 2.45) is 17.8 Å². The topological polar surface area (TPSA) is 35.5 Å². The Hall–Kier alpha value is -1.20. The zero-order chi connectivity index (χ0) is 20.4. The number of hydrogen-bond donors (Lipinski definition) is 0. The van der Waals surface area contributed by atoms with Crippen molar-refractivity contribution in [3.8, 4) is 0 Å². The molecule has 0 aromatic carbocycles. The number of anilines is 1. The predicted molar refractivity (Wildman–Crippen MR) is 120 cm³/mol. The van der Waals surface area contributed by atoms with Crippen LogP contribution in [0.1, 0.15) is 65.4 Å². The zero-order valence-corrected chi connectivity index (χ0v) is 19.1.